The predicted octanol–water partition coefficient (Wildman–Crippen LogP) is 6.96. The fourth-order valence-electron chi connectivity index (χ4n) is 5.17. The van der Waals surface area contributed by atoms with Crippen LogP contribution in [0.25, 0.3) is 11.0 Å². The van der Waals surface area contributed by atoms with Crippen LogP contribution in [0.2, 0.25) is 0 Å². The lowest BCUT2D eigenvalue weighted by Gasteiger charge is -2.40. The van der Waals surface area contributed by atoms with Crippen LogP contribution in [0.5, 0.6) is 11.5 Å². The molecule has 31 heavy (non-hydrogen) atoms. The Bertz CT molecular complexity index is 1040. The molecule has 166 valence electrons. The van der Waals surface area contributed by atoms with E-state index in [1.165, 1.54) is 6.42 Å². The van der Waals surface area contributed by atoms with Gasteiger partial charge < -0.3 is 19.4 Å². The van der Waals surface area contributed by atoms with Crippen LogP contribution < -0.4 is 14.8 Å². The molecule has 5 heteroatoms. The molecule has 1 aromatic heterocycles. The lowest BCUT2D eigenvalue weighted by molar-refractivity contribution is 0.140. The number of rotatable bonds is 6. The van der Waals surface area contributed by atoms with Crippen molar-refractivity contribution in [3.05, 3.63) is 42.5 Å². The highest BCUT2D eigenvalue weighted by Gasteiger charge is 2.34. The van der Waals surface area contributed by atoms with Gasteiger partial charge in [-0.15, -0.1) is 0 Å². The average Bonchev–Trinajstić information content (AvgIpc) is 3.04. The van der Waals surface area contributed by atoms with Crippen molar-refractivity contribution < 1.29 is 9.47 Å². The van der Waals surface area contributed by atoms with E-state index in [0.717, 1.165) is 47.0 Å². The molecule has 0 bridgehead atoms. The topological polar surface area (TPSA) is 48.3 Å². The third kappa shape index (κ3) is 4.81. The van der Waals surface area contributed by atoms with E-state index >= 15 is 0 Å². The number of ether oxygens (including phenoxy) is 2. The van der Waals surface area contributed by atoms with Crippen LogP contribution in [-0.4, -0.2) is 22.8 Å². The molecule has 1 fully saturated rings. The number of benzene rings is 2. The fraction of sp³-hybridized carbons (Fsp3) is 0.500. The molecule has 2 aromatic carbocycles. The molecular formula is C26H35N3O2. The number of imidazole rings is 1. The maximum absolute atomic E-state index is 5.78. The van der Waals surface area contributed by atoms with E-state index in [1.54, 1.807) is 7.11 Å². The van der Waals surface area contributed by atoms with Crippen LogP contribution in [-0.2, 0) is 0 Å². The summed E-state index contributed by atoms with van der Waals surface area (Å²) in [6.07, 6.45) is 3.74. The first-order valence-corrected chi connectivity index (χ1v) is 11.3. The summed E-state index contributed by atoms with van der Waals surface area (Å²) >= 11 is 0. The molecule has 1 aliphatic carbocycles. The van der Waals surface area contributed by atoms with E-state index in [-0.39, 0.29) is 6.10 Å². The largest absolute Gasteiger partial charge is 0.497 e. The van der Waals surface area contributed by atoms with Crippen LogP contribution in [0.4, 0.5) is 11.6 Å². The number of nitrogens with zero attached hydrogens (tertiary/aromatic N) is 2. The van der Waals surface area contributed by atoms with Gasteiger partial charge >= 0.3 is 0 Å². The molecule has 2 atom stereocenters. The van der Waals surface area contributed by atoms with Gasteiger partial charge in [0, 0.05) is 17.8 Å². The van der Waals surface area contributed by atoms with Gasteiger partial charge in [-0.1, -0.05) is 20.8 Å². The van der Waals surface area contributed by atoms with Gasteiger partial charge in [0.25, 0.3) is 0 Å². The number of fused-ring (bicyclic) bond motifs is 1. The molecule has 1 saturated carbocycles. The minimum absolute atomic E-state index is 0.162. The summed E-state index contributed by atoms with van der Waals surface area (Å²) in [5.41, 5.74) is 3.43. The quantitative estimate of drug-likeness (QED) is 0.467. The van der Waals surface area contributed by atoms with Gasteiger partial charge in [0.2, 0.25) is 5.95 Å². The molecule has 0 radical (unpaired) electrons. The van der Waals surface area contributed by atoms with Crippen molar-refractivity contribution in [2.75, 3.05) is 12.4 Å². The van der Waals surface area contributed by atoms with Crippen molar-refractivity contribution in [2.24, 2.45) is 11.3 Å². The Morgan fingerprint density at radius 1 is 1.06 bits per heavy atom. The van der Waals surface area contributed by atoms with Crippen molar-refractivity contribution in [1.29, 1.82) is 0 Å². The lowest BCUT2D eigenvalue weighted by atomic mass is 9.70. The monoisotopic (exact) mass is 421 g/mol. The Balaban J connectivity index is 1.72. The molecule has 0 spiro atoms. The van der Waals surface area contributed by atoms with Crippen LogP contribution in [0.3, 0.4) is 0 Å². The molecule has 4 rings (SSSR count). The first kappa shape index (κ1) is 21.5. The molecule has 0 saturated heterocycles. The van der Waals surface area contributed by atoms with Crippen molar-refractivity contribution in [3.63, 3.8) is 0 Å². The van der Waals surface area contributed by atoms with Crippen molar-refractivity contribution in [1.82, 2.24) is 9.55 Å². The van der Waals surface area contributed by atoms with Gasteiger partial charge in [-0.3, -0.25) is 0 Å². The van der Waals surface area contributed by atoms with Crippen LogP contribution in [0, 0.1) is 11.3 Å². The lowest BCUT2D eigenvalue weighted by Crippen LogP contribution is -2.29. The second-order valence-electron chi connectivity index (χ2n) is 10.0. The molecule has 0 unspecified atom stereocenters. The molecule has 5 nitrogen and oxygen atoms in total. The number of nitrogens with one attached hydrogen (secondary N) is 1. The molecule has 1 N–H and O–H groups in total. The summed E-state index contributed by atoms with van der Waals surface area (Å²) in [6.45, 7) is 11.2. The molecule has 1 heterocycles. The fourth-order valence-corrected chi connectivity index (χ4v) is 5.17. The molecule has 0 aliphatic heterocycles. The van der Waals surface area contributed by atoms with Crippen molar-refractivity contribution in [2.45, 2.75) is 66.0 Å². The Kier molecular flexibility index (Phi) is 5.87. The highest BCUT2D eigenvalue weighted by molar-refractivity contribution is 5.81. The normalized spacial score (nSPS) is 20.7. The summed E-state index contributed by atoms with van der Waals surface area (Å²) in [5, 5.41) is 3.57. The zero-order chi connectivity index (χ0) is 22.2. The van der Waals surface area contributed by atoms with E-state index in [1.807, 2.05) is 38.1 Å². The number of aromatic nitrogens is 2. The zero-order valence-corrected chi connectivity index (χ0v) is 19.6. The van der Waals surface area contributed by atoms with Crippen LogP contribution in [0.1, 0.15) is 59.9 Å². The van der Waals surface area contributed by atoms with E-state index in [9.17, 15) is 0 Å². The van der Waals surface area contributed by atoms with Gasteiger partial charge in [0.15, 0.2) is 0 Å². The summed E-state index contributed by atoms with van der Waals surface area (Å²) in [6, 6.07) is 14.7. The Morgan fingerprint density at radius 2 is 1.77 bits per heavy atom. The second-order valence-corrected chi connectivity index (χ2v) is 10.0. The maximum Gasteiger partial charge on any atom is 0.208 e. The van der Waals surface area contributed by atoms with Crippen molar-refractivity contribution in [3.8, 4) is 11.5 Å². The SMILES string of the molecule is COc1ccc2c(c1)nc(Nc1ccc(OC(C)C)cc1)n2[C@@H]1C[C@H](C)CC(C)(C)C1. The standard InChI is InChI=1S/C26H35N3O2/c1-17(2)31-21-9-7-19(8-10-21)27-25-28-23-14-22(30-6)11-12-24(23)29(25)20-13-18(3)15-26(4,5)16-20/h7-12,14,17-18,20H,13,15-16H2,1-6H3,(H,27,28)/t18-,20+/m0/s1. The molecule has 1 aliphatic rings. The van der Waals surface area contributed by atoms with Gasteiger partial charge in [-0.05, 0) is 80.8 Å². The van der Waals surface area contributed by atoms with Gasteiger partial charge in [-0.2, -0.15) is 0 Å². The summed E-state index contributed by atoms with van der Waals surface area (Å²) in [4.78, 5) is 4.98. The smallest absolute Gasteiger partial charge is 0.208 e. The third-order valence-corrected chi connectivity index (χ3v) is 6.11. The minimum Gasteiger partial charge on any atom is -0.497 e. The molecule has 3 aromatic rings. The van der Waals surface area contributed by atoms with Crippen molar-refractivity contribution >= 4 is 22.7 Å². The number of hydrogen-bond donors (Lipinski definition) is 1. The number of hydrogen-bond acceptors (Lipinski definition) is 4. The molecular weight excluding hydrogens is 386 g/mol. The predicted molar refractivity (Wildman–Crippen MR) is 128 cm³/mol. The maximum atomic E-state index is 5.78. The van der Waals surface area contributed by atoms with E-state index in [2.05, 4.69) is 48.9 Å². The van der Waals surface area contributed by atoms with E-state index < -0.39 is 0 Å². The summed E-state index contributed by atoms with van der Waals surface area (Å²) in [7, 11) is 1.70. The third-order valence-electron chi connectivity index (χ3n) is 6.11. The van der Waals surface area contributed by atoms with Gasteiger partial charge in [0.05, 0.1) is 24.2 Å². The first-order valence-electron chi connectivity index (χ1n) is 11.3. The van der Waals surface area contributed by atoms with E-state index in [0.29, 0.717) is 17.4 Å². The highest BCUT2D eigenvalue weighted by Crippen LogP contribution is 2.46. The molecule has 0 amide bonds. The average molecular weight is 422 g/mol. The summed E-state index contributed by atoms with van der Waals surface area (Å²) < 4.78 is 13.6. The Morgan fingerprint density at radius 3 is 2.42 bits per heavy atom. The minimum atomic E-state index is 0.162. The van der Waals surface area contributed by atoms with Gasteiger partial charge in [0.1, 0.15) is 11.5 Å². The first-order chi connectivity index (χ1) is 14.7. The summed E-state index contributed by atoms with van der Waals surface area (Å²) in [5.74, 6) is 3.28. The van der Waals surface area contributed by atoms with Gasteiger partial charge in [-0.25, -0.2) is 4.98 Å². The zero-order valence-electron chi connectivity index (χ0n) is 19.6. The van der Waals surface area contributed by atoms with Crippen LogP contribution >= 0.6 is 0 Å². The van der Waals surface area contributed by atoms with Crippen LogP contribution in [0.15, 0.2) is 42.5 Å². The van der Waals surface area contributed by atoms with E-state index in [4.69, 9.17) is 14.5 Å². The highest BCUT2D eigenvalue weighted by atomic mass is 16.5. The Labute approximate surface area is 185 Å². The Hall–Kier alpha value is -2.69. The number of anilines is 2. The second kappa shape index (κ2) is 8.45. The number of methoxy groups -OCH3 is 1.